The number of carbonyl (C=O) groups excluding carboxylic acids is 2. The third kappa shape index (κ3) is 5.01. The summed E-state index contributed by atoms with van der Waals surface area (Å²) in [7, 11) is 1.61. The van der Waals surface area contributed by atoms with E-state index >= 15 is 0 Å². The molecule has 0 fully saturated rings. The van der Waals surface area contributed by atoms with Crippen molar-refractivity contribution in [3.05, 3.63) is 65.9 Å². The first-order valence-electron chi connectivity index (χ1n) is 8.93. The van der Waals surface area contributed by atoms with Gasteiger partial charge in [0.1, 0.15) is 11.5 Å². The van der Waals surface area contributed by atoms with Crippen molar-refractivity contribution in [2.45, 2.75) is 13.3 Å². The molecule has 0 spiro atoms. The van der Waals surface area contributed by atoms with E-state index in [2.05, 4.69) is 10.3 Å². The van der Waals surface area contributed by atoms with Crippen molar-refractivity contribution in [1.82, 2.24) is 10.3 Å². The van der Waals surface area contributed by atoms with Crippen molar-refractivity contribution in [2.24, 2.45) is 0 Å². The number of hydrogen-bond donors (Lipinski definition) is 2. The van der Waals surface area contributed by atoms with Crippen LogP contribution in [-0.4, -0.2) is 30.5 Å². The summed E-state index contributed by atoms with van der Waals surface area (Å²) in [6, 6.07) is 12.8. The SMILES string of the molecule is COc1ccc(/C=C/C(=O)Oc2ccc3[nH]cc(CCNC(C)=O)c3c2)cc1. The number of ether oxygens (including phenoxy) is 2. The summed E-state index contributed by atoms with van der Waals surface area (Å²) in [6.07, 6.45) is 5.67. The van der Waals surface area contributed by atoms with Gasteiger partial charge in [-0.1, -0.05) is 12.1 Å². The molecular formula is C22H22N2O4. The maximum atomic E-state index is 12.1. The zero-order valence-electron chi connectivity index (χ0n) is 15.8. The largest absolute Gasteiger partial charge is 0.497 e. The minimum Gasteiger partial charge on any atom is -0.497 e. The van der Waals surface area contributed by atoms with Crippen molar-refractivity contribution in [3.63, 3.8) is 0 Å². The number of aromatic amines is 1. The molecule has 0 radical (unpaired) electrons. The molecule has 0 aliphatic rings. The number of H-pyrrole nitrogens is 1. The minimum absolute atomic E-state index is 0.0573. The highest BCUT2D eigenvalue weighted by atomic mass is 16.5. The van der Waals surface area contributed by atoms with Gasteiger partial charge in [-0.2, -0.15) is 0 Å². The van der Waals surface area contributed by atoms with Crippen LogP contribution in [0.25, 0.3) is 17.0 Å². The highest BCUT2D eigenvalue weighted by molar-refractivity contribution is 5.90. The molecule has 1 amide bonds. The Morgan fingerprint density at radius 1 is 1.11 bits per heavy atom. The number of carbonyl (C=O) groups is 2. The molecule has 6 nitrogen and oxygen atoms in total. The molecule has 2 aromatic carbocycles. The van der Waals surface area contributed by atoms with Crippen molar-refractivity contribution < 1.29 is 19.1 Å². The fourth-order valence-electron chi connectivity index (χ4n) is 2.83. The van der Waals surface area contributed by atoms with Crippen LogP contribution in [-0.2, 0) is 16.0 Å². The average molecular weight is 378 g/mol. The Morgan fingerprint density at radius 2 is 1.86 bits per heavy atom. The third-order valence-electron chi connectivity index (χ3n) is 4.25. The van der Waals surface area contributed by atoms with Crippen LogP contribution in [0.4, 0.5) is 0 Å². The Hall–Kier alpha value is -3.54. The molecule has 0 saturated heterocycles. The van der Waals surface area contributed by atoms with Gasteiger partial charge in [0, 0.05) is 36.6 Å². The summed E-state index contributed by atoms with van der Waals surface area (Å²) in [5, 5.41) is 3.75. The fourth-order valence-corrected chi connectivity index (χ4v) is 2.83. The van der Waals surface area contributed by atoms with E-state index in [-0.39, 0.29) is 5.91 Å². The maximum absolute atomic E-state index is 12.1. The van der Waals surface area contributed by atoms with Gasteiger partial charge in [0.2, 0.25) is 5.91 Å². The van der Waals surface area contributed by atoms with Crippen LogP contribution in [0, 0.1) is 0 Å². The second-order valence-electron chi connectivity index (χ2n) is 6.28. The molecule has 0 aliphatic heterocycles. The van der Waals surface area contributed by atoms with Gasteiger partial charge in [0.25, 0.3) is 0 Å². The van der Waals surface area contributed by atoms with Gasteiger partial charge >= 0.3 is 5.97 Å². The molecule has 2 N–H and O–H groups in total. The van der Waals surface area contributed by atoms with Gasteiger partial charge in [-0.15, -0.1) is 0 Å². The van der Waals surface area contributed by atoms with Gasteiger partial charge in [-0.3, -0.25) is 4.79 Å². The average Bonchev–Trinajstić information content (AvgIpc) is 3.09. The van der Waals surface area contributed by atoms with Crippen molar-refractivity contribution in [1.29, 1.82) is 0 Å². The van der Waals surface area contributed by atoms with Gasteiger partial charge in [-0.25, -0.2) is 4.79 Å². The maximum Gasteiger partial charge on any atom is 0.336 e. The van der Waals surface area contributed by atoms with E-state index in [0.717, 1.165) is 27.8 Å². The lowest BCUT2D eigenvalue weighted by atomic mass is 10.1. The number of amides is 1. The number of nitrogens with one attached hydrogen (secondary N) is 2. The van der Waals surface area contributed by atoms with Crippen molar-refractivity contribution in [2.75, 3.05) is 13.7 Å². The number of methoxy groups -OCH3 is 1. The lowest BCUT2D eigenvalue weighted by Crippen LogP contribution is -2.22. The first kappa shape index (κ1) is 19.2. The number of rotatable bonds is 7. The Kier molecular flexibility index (Phi) is 6.11. The van der Waals surface area contributed by atoms with E-state index in [1.807, 2.05) is 42.6 Å². The molecule has 0 unspecified atom stereocenters. The number of aromatic nitrogens is 1. The molecule has 3 aromatic rings. The third-order valence-corrected chi connectivity index (χ3v) is 4.25. The zero-order chi connectivity index (χ0) is 19.9. The number of esters is 1. The first-order valence-corrected chi connectivity index (χ1v) is 8.93. The predicted molar refractivity (Wildman–Crippen MR) is 108 cm³/mol. The van der Waals surface area contributed by atoms with Gasteiger partial charge < -0.3 is 19.8 Å². The summed E-state index contributed by atoms with van der Waals surface area (Å²) in [5.74, 6) is 0.717. The Balaban J connectivity index is 1.66. The molecule has 0 bridgehead atoms. The lowest BCUT2D eigenvalue weighted by molar-refractivity contribution is -0.128. The topological polar surface area (TPSA) is 80.4 Å². The van der Waals surface area contributed by atoms with E-state index in [9.17, 15) is 9.59 Å². The first-order chi connectivity index (χ1) is 13.5. The number of benzene rings is 2. The van der Waals surface area contributed by atoms with Crippen LogP contribution in [0.5, 0.6) is 11.5 Å². The second kappa shape index (κ2) is 8.90. The van der Waals surface area contributed by atoms with Crippen LogP contribution in [0.1, 0.15) is 18.1 Å². The molecule has 0 saturated carbocycles. The Labute approximate surface area is 163 Å². The summed E-state index contributed by atoms with van der Waals surface area (Å²) in [5.41, 5.74) is 2.88. The monoisotopic (exact) mass is 378 g/mol. The number of hydrogen-bond acceptors (Lipinski definition) is 4. The van der Waals surface area contributed by atoms with E-state index < -0.39 is 5.97 Å². The smallest absolute Gasteiger partial charge is 0.336 e. The molecule has 144 valence electrons. The van der Waals surface area contributed by atoms with Crippen LogP contribution < -0.4 is 14.8 Å². The predicted octanol–water partition coefficient (Wildman–Crippen LogP) is 3.47. The van der Waals surface area contributed by atoms with Gasteiger partial charge in [-0.05, 0) is 54.0 Å². The van der Waals surface area contributed by atoms with Gasteiger partial charge in [0.15, 0.2) is 0 Å². The minimum atomic E-state index is -0.453. The molecular weight excluding hydrogens is 356 g/mol. The number of fused-ring (bicyclic) bond motifs is 1. The van der Waals surface area contributed by atoms with Crippen molar-refractivity contribution in [3.8, 4) is 11.5 Å². The zero-order valence-corrected chi connectivity index (χ0v) is 15.8. The van der Waals surface area contributed by atoms with Gasteiger partial charge in [0.05, 0.1) is 7.11 Å². The molecule has 6 heteroatoms. The van der Waals surface area contributed by atoms with E-state index in [4.69, 9.17) is 9.47 Å². The molecule has 1 aromatic heterocycles. The lowest BCUT2D eigenvalue weighted by Gasteiger charge is -2.04. The van der Waals surface area contributed by atoms with Crippen LogP contribution in [0.15, 0.2) is 54.7 Å². The van der Waals surface area contributed by atoms with E-state index in [1.54, 1.807) is 19.3 Å². The highest BCUT2D eigenvalue weighted by Crippen LogP contribution is 2.24. The standard InChI is InChI=1S/C22H22N2O4/c1-15(25)23-12-11-17-14-24-21-9-8-19(13-20(17)21)28-22(26)10-5-16-3-6-18(27-2)7-4-16/h3-10,13-14,24H,11-12H2,1-2H3,(H,23,25)/b10-5+. The van der Waals surface area contributed by atoms with Crippen molar-refractivity contribution >= 4 is 28.9 Å². The Morgan fingerprint density at radius 3 is 2.57 bits per heavy atom. The van der Waals surface area contributed by atoms with Crippen LogP contribution in [0.3, 0.4) is 0 Å². The van der Waals surface area contributed by atoms with E-state index in [0.29, 0.717) is 18.7 Å². The molecule has 28 heavy (non-hydrogen) atoms. The molecule has 1 heterocycles. The highest BCUT2D eigenvalue weighted by Gasteiger charge is 2.07. The molecule has 0 atom stereocenters. The summed E-state index contributed by atoms with van der Waals surface area (Å²) in [4.78, 5) is 26.3. The van der Waals surface area contributed by atoms with Crippen LogP contribution in [0.2, 0.25) is 0 Å². The summed E-state index contributed by atoms with van der Waals surface area (Å²) < 4.78 is 10.5. The van der Waals surface area contributed by atoms with E-state index in [1.165, 1.54) is 13.0 Å². The molecule has 3 rings (SSSR count). The summed E-state index contributed by atoms with van der Waals surface area (Å²) >= 11 is 0. The van der Waals surface area contributed by atoms with Crippen LogP contribution >= 0.6 is 0 Å². The quantitative estimate of drug-likeness (QED) is 0.375. The summed E-state index contributed by atoms with van der Waals surface area (Å²) in [6.45, 7) is 2.04. The normalized spacial score (nSPS) is 10.9. The molecule has 0 aliphatic carbocycles. The second-order valence-corrected chi connectivity index (χ2v) is 6.28. The Bertz CT molecular complexity index is 1000. The fraction of sp³-hybridized carbons (Fsp3) is 0.182.